The predicted molar refractivity (Wildman–Crippen MR) is 48.4 cm³/mol. The van der Waals surface area contributed by atoms with Crippen LogP contribution >= 0.6 is 0 Å². The number of hydrogen-bond donors (Lipinski definition) is 2. The van der Waals surface area contributed by atoms with Crippen LogP contribution in [0.3, 0.4) is 0 Å². The van der Waals surface area contributed by atoms with Crippen LogP contribution in [-0.4, -0.2) is 40.4 Å². The van der Waals surface area contributed by atoms with Crippen molar-refractivity contribution >= 4 is 11.5 Å². The van der Waals surface area contributed by atoms with Gasteiger partial charge in [-0.25, -0.2) is 9.61 Å². The molecule has 0 amide bonds. The summed E-state index contributed by atoms with van der Waals surface area (Å²) < 4.78 is 1.51. The molecule has 0 saturated heterocycles. The molecule has 3 heterocycles. The summed E-state index contributed by atoms with van der Waals surface area (Å²) in [6.45, 7) is 0. The van der Waals surface area contributed by atoms with Crippen LogP contribution in [-0.2, 0) is 0 Å². The van der Waals surface area contributed by atoms with E-state index in [0.717, 1.165) is 0 Å². The number of rotatable bonds is 1. The van der Waals surface area contributed by atoms with E-state index in [-0.39, 0.29) is 0 Å². The van der Waals surface area contributed by atoms with Crippen LogP contribution in [0.15, 0.2) is 12.3 Å². The molecule has 0 radical (unpaired) electrons. The van der Waals surface area contributed by atoms with E-state index in [9.17, 15) is 0 Å². The molecule has 3 aromatic heterocycles. The minimum atomic E-state index is 0.386. The second-order valence-corrected chi connectivity index (χ2v) is 2.84. The van der Waals surface area contributed by atoms with Crippen LogP contribution in [0.5, 0.6) is 0 Å². The fraction of sp³-hybridized carbons (Fsp3) is 0. The van der Waals surface area contributed by atoms with Crippen molar-refractivity contribution in [1.29, 1.82) is 0 Å². The Morgan fingerprint density at radius 2 is 2.20 bits per heavy atom. The number of nitrogens with one attached hydrogen (secondary N) is 1. The lowest BCUT2D eigenvalue weighted by molar-refractivity contribution is 0.881. The number of hydrogen-bond acceptors (Lipinski definition) is 7. The zero-order valence-corrected chi connectivity index (χ0v) is 7.36. The second kappa shape index (κ2) is 2.70. The van der Waals surface area contributed by atoms with E-state index in [0.29, 0.717) is 23.0 Å². The number of nitrogens with zero attached hydrogens (tertiary/aromatic N) is 7. The van der Waals surface area contributed by atoms with Crippen LogP contribution < -0.4 is 5.73 Å². The molecule has 15 heavy (non-hydrogen) atoms. The Hall–Kier alpha value is -2.58. The third kappa shape index (κ3) is 1.17. The van der Waals surface area contributed by atoms with Gasteiger partial charge < -0.3 is 5.73 Å². The van der Waals surface area contributed by atoms with Crippen LogP contribution in [0, 0.1) is 0 Å². The summed E-state index contributed by atoms with van der Waals surface area (Å²) in [4.78, 5) is 0. The molecule has 3 N–H and O–H groups in total. The molecule has 0 spiro atoms. The first-order valence-corrected chi connectivity index (χ1v) is 4.05. The fourth-order valence-electron chi connectivity index (χ4n) is 1.20. The molecule has 0 aliphatic rings. The van der Waals surface area contributed by atoms with Gasteiger partial charge in [0.1, 0.15) is 5.82 Å². The number of fused-ring (bicyclic) bond motifs is 1. The van der Waals surface area contributed by atoms with Gasteiger partial charge in [-0.3, -0.25) is 0 Å². The zero-order chi connectivity index (χ0) is 10.3. The van der Waals surface area contributed by atoms with E-state index >= 15 is 0 Å². The minimum Gasteiger partial charge on any atom is -0.382 e. The van der Waals surface area contributed by atoms with Gasteiger partial charge in [-0.2, -0.15) is 0 Å². The van der Waals surface area contributed by atoms with Crippen molar-refractivity contribution in [3.8, 4) is 11.5 Å². The molecule has 0 atom stereocenters. The first-order valence-electron chi connectivity index (χ1n) is 4.05. The van der Waals surface area contributed by atoms with Gasteiger partial charge in [0.25, 0.3) is 0 Å². The number of nitrogen functional groups attached to an aromatic ring is 1. The number of H-pyrrole nitrogens is 1. The molecular weight excluding hydrogens is 198 g/mol. The third-order valence-electron chi connectivity index (χ3n) is 1.83. The maximum Gasteiger partial charge on any atom is 0.201 e. The molecule has 0 saturated carbocycles. The molecule has 3 rings (SSSR count). The van der Waals surface area contributed by atoms with Crippen LogP contribution in [0.4, 0.5) is 5.82 Å². The first-order chi connectivity index (χ1) is 7.33. The molecule has 0 aromatic carbocycles. The number of aromatic amines is 1. The van der Waals surface area contributed by atoms with Gasteiger partial charge in [0, 0.05) is 6.07 Å². The standard InChI is InChI=1S/C6H5N9/c7-4-1-5-9-8-3(2-15(5)12-4)6-10-13-14-11-6/h1-2H,(H2,7,12)(H,10,11,13,14). The number of tetrazole rings is 1. The van der Waals surface area contributed by atoms with E-state index in [1.165, 1.54) is 4.52 Å². The normalized spacial score (nSPS) is 10.9. The number of nitrogens with two attached hydrogens (primary N) is 1. The van der Waals surface area contributed by atoms with E-state index in [1.54, 1.807) is 12.3 Å². The lowest BCUT2D eigenvalue weighted by atomic mass is 10.4. The summed E-state index contributed by atoms with van der Waals surface area (Å²) in [6, 6.07) is 1.62. The van der Waals surface area contributed by atoms with Crippen LogP contribution in [0.2, 0.25) is 0 Å². The van der Waals surface area contributed by atoms with Gasteiger partial charge in [0.05, 0.1) is 6.20 Å². The molecular formula is C6H5N9. The van der Waals surface area contributed by atoms with Crippen molar-refractivity contribution in [2.75, 3.05) is 5.73 Å². The Bertz CT molecular complexity index is 594. The predicted octanol–water partition coefficient (Wildman–Crippen LogP) is -1.11. The second-order valence-electron chi connectivity index (χ2n) is 2.84. The Morgan fingerprint density at radius 1 is 1.27 bits per heavy atom. The highest BCUT2D eigenvalue weighted by Gasteiger charge is 2.07. The molecule has 0 fully saturated rings. The number of aromatic nitrogens is 8. The van der Waals surface area contributed by atoms with Gasteiger partial charge in [-0.1, -0.05) is 0 Å². The molecule has 0 aliphatic heterocycles. The van der Waals surface area contributed by atoms with Gasteiger partial charge in [-0.05, 0) is 10.4 Å². The molecule has 0 aliphatic carbocycles. The summed E-state index contributed by atoms with van der Waals surface area (Å²) in [5, 5.41) is 25.0. The quantitative estimate of drug-likeness (QED) is 0.513. The molecule has 74 valence electrons. The van der Waals surface area contributed by atoms with Gasteiger partial charge in [-0.15, -0.1) is 20.4 Å². The van der Waals surface area contributed by atoms with Crippen molar-refractivity contribution in [1.82, 2.24) is 40.4 Å². The minimum absolute atomic E-state index is 0.386. The van der Waals surface area contributed by atoms with E-state index in [1.807, 2.05) is 0 Å². The van der Waals surface area contributed by atoms with Crippen molar-refractivity contribution in [3.63, 3.8) is 0 Å². The van der Waals surface area contributed by atoms with E-state index in [2.05, 4.69) is 35.9 Å². The summed E-state index contributed by atoms with van der Waals surface area (Å²) >= 11 is 0. The van der Waals surface area contributed by atoms with Crippen molar-refractivity contribution in [3.05, 3.63) is 12.3 Å². The lowest BCUT2D eigenvalue weighted by Crippen LogP contribution is -1.97. The van der Waals surface area contributed by atoms with Crippen molar-refractivity contribution in [2.24, 2.45) is 0 Å². The van der Waals surface area contributed by atoms with E-state index in [4.69, 9.17) is 5.73 Å². The Balaban J connectivity index is 2.21. The Morgan fingerprint density at radius 3 is 3.00 bits per heavy atom. The zero-order valence-electron chi connectivity index (χ0n) is 7.36. The fourth-order valence-corrected chi connectivity index (χ4v) is 1.20. The molecule has 3 aromatic rings. The maximum absolute atomic E-state index is 5.51. The Kier molecular flexibility index (Phi) is 1.40. The summed E-state index contributed by atoms with van der Waals surface area (Å²) in [5.74, 6) is 0.815. The van der Waals surface area contributed by atoms with Crippen molar-refractivity contribution < 1.29 is 0 Å². The monoisotopic (exact) mass is 203 g/mol. The van der Waals surface area contributed by atoms with E-state index < -0.39 is 0 Å². The van der Waals surface area contributed by atoms with Gasteiger partial charge >= 0.3 is 0 Å². The average molecular weight is 203 g/mol. The topological polar surface area (TPSA) is 124 Å². The molecule has 0 unspecified atom stereocenters. The third-order valence-corrected chi connectivity index (χ3v) is 1.83. The maximum atomic E-state index is 5.51. The van der Waals surface area contributed by atoms with Gasteiger partial charge in [0.2, 0.25) is 5.82 Å². The highest BCUT2D eigenvalue weighted by atomic mass is 15.5. The highest BCUT2D eigenvalue weighted by Crippen LogP contribution is 2.10. The lowest BCUT2D eigenvalue weighted by Gasteiger charge is -1.93. The Labute approximate surface area is 82.3 Å². The highest BCUT2D eigenvalue weighted by molar-refractivity contribution is 5.51. The number of anilines is 1. The first kappa shape index (κ1) is 7.79. The van der Waals surface area contributed by atoms with Gasteiger partial charge in [0.15, 0.2) is 11.3 Å². The van der Waals surface area contributed by atoms with Crippen LogP contribution in [0.1, 0.15) is 0 Å². The molecule has 9 nitrogen and oxygen atoms in total. The van der Waals surface area contributed by atoms with Crippen LogP contribution in [0.25, 0.3) is 17.2 Å². The summed E-state index contributed by atoms with van der Waals surface area (Å²) in [6.07, 6.45) is 1.64. The molecule has 0 bridgehead atoms. The molecule has 9 heteroatoms. The SMILES string of the molecule is Nc1cc2nnc(-c3nnn[nH]3)cn2n1. The van der Waals surface area contributed by atoms with Crippen molar-refractivity contribution in [2.45, 2.75) is 0 Å². The summed E-state index contributed by atoms with van der Waals surface area (Å²) in [7, 11) is 0. The summed E-state index contributed by atoms with van der Waals surface area (Å²) in [5.41, 5.74) is 6.58. The smallest absolute Gasteiger partial charge is 0.201 e. The largest absolute Gasteiger partial charge is 0.382 e. The average Bonchev–Trinajstić information content (AvgIpc) is 2.82.